The number of hydrogen-bond acceptors (Lipinski definition) is 3. The van der Waals surface area contributed by atoms with Crippen LogP contribution in [0.25, 0.3) is 0 Å². The maximum atomic E-state index is 15.4. The van der Waals surface area contributed by atoms with Crippen LogP contribution in [0.3, 0.4) is 0 Å². The molecular weight excluding hydrogens is 446 g/mol. The van der Waals surface area contributed by atoms with E-state index in [1.807, 2.05) is 30.3 Å². The van der Waals surface area contributed by atoms with Crippen LogP contribution in [-0.4, -0.2) is 25.4 Å². The van der Waals surface area contributed by atoms with Crippen LogP contribution < -0.4 is 5.32 Å². The van der Waals surface area contributed by atoms with Gasteiger partial charge in [-0.05, 0) is 61.8 Å². The molecule has 32 heavy (non-hydrogen) atoms. The first-order valence-electron chi connectivity index (χ1n) is 10.5. The van der Waals surface area contributed by atoms with E-state index in [2.05, 4.69) is 5.32 Å². The van der Waals surface area contributed by atoms with Crippen molar-refractivity contribution in [2.75, 3.05) is 0 Å². The van der Waals surface area contributed by atoms with Crippen molar-refractivity contribution in [3.05, 3.63) is 65.7 Å². The van der Waals surface area contributed by atoms with Gasteiger partial charge in [-0.1, -0.05) is 36.4 Å². The molecule has 0 heterocycles. The molecule has 9 heteroatoms. The minimum absolute atomic E-state index is 0.100. The fourth-order valence-electron chi connectivity index (χ4n) is 4.37. The van der Waals surface area contributed by atoms with E-state index in [9.17, 15) is 26.4 Å². The summed E-state index contributed by atoms with van der Waals surface area (Å²) < 4.78 is 79.9. The van der Waals surface area contributed by atoms with Gasteiger partial charge in [0.05, 0.1) is 10.5 Å². The number of sulfone groups is 1. The Bertz CT molecular complexity index is 1090. The second-order valence-electron chi connectivity index (χ2n) is 8.55. The van der Waals surface area contributed by atoms with E-state index in [0.717, 1.165) is 30.2 Å². The summed E-state index contributed by atoms with van der Waals surface area (Å²) in [5, 5.41) is 0.227. The fourth-order valence-corrected chi connectivity index (χ4v) is 6.11. The van der Waals surface area contributed by atoms with Crippen molar-refractivity contribution in [2.24, 2.45) is 5.92 Å². The molecule has 4 nitrogen and oxygen atoms in total. The summed E-state index contributed by atoms with van der Waals surface area (Å²) in [5.74, 6) is -0.124. The summed E-state index contributed by atoms with van der Waals surface area (Å²) in [4.78, 5) is 11.9. The molecule has 0 aliphatic heterocycles. The van der Waals surface area contributed by atoms with Crippen LogP contribution in [0.5, 0.6) is 0 Å². The number of hydrogen-bond donors (Lipinski definition) is 1. The van der Waals surface area contributed by atoms with Gasteiger partial charge in [0.15, 0.2) is 0 Å². The molecule has 2 aliphatic carbocycles. The first-order chi connectivity index (χ1) is 15.0. The molecule has 0 aromatic heterocycles. The lowest BCUT2D eigenvalue weighted by atomic mass is 9.93. The van der Waals surface area contributed by atoms with Gasteiger partial charge >= 0.3 is 6.18 Å². The summed E-state index contributed by atoms with van der Waals surface area (Å²) in [6.45, 7) is 0. The smallest absolute Gasteiger partial charge is 0.353 e. The number of amides is 1. The average Bonchev–Trinajstić information content (AvgIpc) is 3.57. The van der Waals surface area contributed by atoms with Crippen molar-refractivity contribution in [3.8, 4) is 0 Å². The summed E-state index contributed by atoms with van der Waals surface area (Å²) >= 11 is 0. The molecule has 2 aromatic carbocycles. The van der Waals surface area contributed by atoms with Gasteiger partial charge in [0.1, 0.15) is 0 Å². The summed E-state index contributed by atoms with van der Waals surface area (Å²) in [6, 6.07) is 12.5. The Hall–Kier alpha value is -2.42. The summed E-state index contributed by atoms with van der Waals surface area (Å²) in [6.07, 6.45) is -4.56. The van der Waals surface area contributed by atoms with E-state index < -0.39 is 31.5 Å². The number of nitrogens with one attached hydrogen (secondary N) is 1. The molecule has 2 fully saturated rings. The molecule has 172 valence electrons. The lowest BCUT2D eigenvalue weighted by Gasteiger charge is -2.34. The molecule has 0 radical (unpaired) electrons. The predicted octanol–water partition coefficient (Wildman–Crippen LogP) is 5.01. The molecule has 2 saturated carbocycles. The number of benzene rings is 2. The normalized spacial score (nSPS) is 28.2. The molecule has 2 aliphatic rings. The average molecular weight is 470 g/mol. The molecule has 0 unspecified atom stereocenters. The zero-order chi connectivity index (χ0) is 23.1. The monoisotopic (exact) mass is 469 g/mol. The number of carbonyl (C=O) groups excluding carboxylic acids is 1. The largest absolute Gasteiger partial charge is 0.416 e. The zero-order valence-electron chi connectivity index (χ0n) is 17.1. The zero-order valence-corrected chi connectivity index (χ0v) is 17.9. The van der Waals surface area contributed by atoms with Gasteiger partial charge in [-0.2, -0.15) is 13.2 Å². The van der Waals surface area contributed by atoms with Crippen LogP contribution in [-0.2, 0) is 20.8 Å². The minimum atomic E-state index is -4.72. The first kappa shape index (κ1) is 22.8. The third-order valence-electron chi connectivity index (χ3n) is 6.39. The number of alkyl halides is 4. The summed E-state index contributed by atoms with van der Waals surface area (Å²) in [5.41, 5.74) is -0.0493. The van der Waals surface area contributed by atoms with Crippen LogP contribution in [0.15, 0.2) is 59.5 Å². The van der Waals surface area contributed by atoms with E-state index >= 15 is 4.39 Å². The highest BCUT2D eigenvalue weighted by molar-refractivity contribution is 7.92. The van der Waals surface area contributed by atoms with Gasteiger partial charge < -0.3 is 5.32 Å². The molecular formula is C23H23F4NO3S. The molecule has 0 spiro atoms. The Balaban J connectivity index is 1.38. The molecule has 1 amide bonds. The van der Waals surface area contributed by atoms with Crippen LogP contribution in [0.1, 0.15) is 49.1 Å². The predicted molar refractivity (Wildman–Crippen MR) is 110 cm³/mol. The Kier molecular flexibility index (Phi) is 5.81. The quantitative estimate of drug-likeness (QED) is 0.627. The van der Waals surface area contributed by atoms with E-state index in [1.54, 1.807) is 0 Å². The Morgan fingerprint density at radius 3 is 2.28 bits per heavy atom. The van der Waals surface area contributed by atoms with Crippen molar-refractivity contribution in [1.82, 2.24) is 5.32 Å². The van der Waals surface area contributed by atoms with Gasteiger partial charge in [-0.15, -0.1) is 0 Å². The maximum Gasteiger partial charge on any atom is 0.416 e. The number of carbonyl (C=O) groups is 1. The topological polar surface area (TPSA) is 63.2 Å². The molecule has 1 N–H and O–H groups in total. The van der Waals surface area contributed by atoms with E-state index in [1.165, 1.54) is 0 Å². The van der Waals surface area contributed by atoms with Crippen LogP contribution >= 0.6 is 0 Å². The molecule has 4 rings (SSSR count). The van der Waals surface area contributed by atoms with Crippen molar-refractivity contribution in [1.29, 1.82) is 0 Å². The van der Waals surface area contributed by atoms with Crippen molar-refractivity contribution in [2.45, 2.75) is 60.1 Å². The Morgan fingerprint density at radius 2 is 1.66 bits per heavy atom. The minimum Gasteiger partial charge on any atom is -0.353 e. The van der Waals surface area contributed by atoms with E-state index in [0.29, 0.717) is 6.07 Å². The van der Waals surface area contributed by atoms with E-state index in [-0.39, 0.29) is 49.5 Å². The first-order valence-corrected chi connectivity index (χ1v) is 12.0. The Labute approximate surface area is 183 Å². The second kappa shape index (κ2) is 8.17. The summed E-state index contributed by atoms with van der Waals surface area (Å²) in [7, 11) is -4.62. The van der Waals surface area contributed by atoms with Gasteiger partial charge in [-0.25, -0.2) is 12.8 Å². The SMILES string of the molecule is O=C(NC1CCC(F)(S(=O)(=O)c2cccc(C(F)(F)F)c2)CC1)[C@H]1C[C@@H]1c1ccccc1. The second-order valence-corrected chi connectivity index (χ2v) is 10.8. The van der Waals surface area contributed by atoms with Gasteiger partial charge in [0, 0.05) is 12.0 Å². The highest BCUT2D eigenvalue weighted by atomic mass is 32.2. The van der Waals surface area contributed by atoms with E-state index in [4.69, 9.17) is 0 Å². The molecule has 0 saturated heterocycles. The van der Waals surface area contributed by atoms with Gasteiger partial charge in [0.25, 0.3) is 0 Å². The van der Waals surface area contributed by atoms with Gasteiger partial charge in [-0.3, -0.25) is 4.79 Å². The van der Waals surface area contributed by atoms with Crippen molar-refractivity contribution < 1.29 is 30.8 Å². The molecule has 2 atom stereocenters. The number of halogens is 4. The van der Waals surface area contributed by atoms with Crippen molar-refractivity contribution >= 4 is 15.7 Å². The lowest BCUT2D eigenvalue weighted by molar-refractivity contribution is -0.137. The molecule has 2 aromatic rings. The van der Waals surface area contributed by atoms with Gasteiger partial charge in [0.2, 0.25) is 20.7 Å². The maximum absolute atomic E-state index is 15.4. The third kappa shape index (κ3) is 4.40. The standard InChI is InChI=1S/C23H23F4NO3S/c24-22(32(30,31)18-8-4-7-16(13-18)23(25,26)27)11-9-17(10-12-22)28-21(29)20-14-19(20)15-5-2-1-3-6-15/h1-8,13,17,19-20H,9-12,14H2,(H,28,29)/t17?,19-,20+,22?/m1/s1. The third-order valence-corrected chi connectivity index (χ3v) is 8.63. The van der Waals surface area contributed by atoms with Crippen LogP contribution in [0, 0.1) is 5.92 Å². The molecule has 0 bridgehead atoms. The number of rotatable bonds is 5. The van der Waals surface area contributed by atoms with Crippen LogP contribution in [0.2, 0.25) is 0 Å². The van der Waals surface area contributed by atoms with Crippen LogP contribution in [0.4, 0.5) is 17.6 Å². The Morgan fingerprint density at radius 1 is 1.00 bits per heavy atom. The lowest BCUT2D eigenvalue weighted by Crippen LogP contribution is -2.45. The van der Waals surface area contributed by atoms with Crippen molar-refractivity contribution in [3.63, 3.8) is 0 Å². The highest BCUT2D eigenvalue weighted by Crippen LogP contribution is 2.48. The highest BCUT2D eigenvalue weighted by Gasteiger charge is 2.49. The fraction of sp³-hybridized carbons (Fsp3) is 0.435.